The highest BCUT2D eigenvalue weighted by Gasteiger charge is 2.29. The molecule has 9 heteroatoms. The lowest BCUT2D eigenvalue weighted by Gasteiger charge is -2.15. The molecule has 0 radical (unpaired) electrons. The van der Waals surface area contributed by atoms with Crippen LogP contribution in [0.3, 0.4) is 0 Å². The molecule has 108 valence electrons. The molecule has 21 heavy (non-hydrogen) atoms. The van der Waals surface area contributed by atoms with Crippen LogP contribution in [-0.4, -0.2) is 35.6 Å². The van der Waals surface area contributed by atoms with E-state index in [1.807, 2.05) is 0 Å². The number of nitrogens with one attached hydrogen (secondary N) is 2. The molecule has 0 fully saturated rings. The van der Waals surface area contributed by atoms with Gasteiger partial charge in [-0.15, -0.1) is 0 Å². The summed E-state index contributed by atoms with van der Waals surface area (Å²) < 4.78 is 25.9. The van der Waals surface area contributed by atoms with Crippen LogP contribution in [0.5, 0.6) is 0 Å². The monoisotopic (exact) mass is 306 g/mol. The Morgan fingerprint density at radius 2 is 1.95 bits per heavy atom. The Balaban J connectivity index is 2.11. The molecular formula is C12H10N4O4S. The molecule has 2 rings (SSSR count). The van der Waals surface area contributed by atoms with Gasteiger partial charge in [0.25, 0.3) is 0 Å². The molecule has 2 N–H and O–H groups in total. The van der Waals surface area contributed by atoms with Gasteiger partial charge in [-0.3, -0.25) is 5.32 Å². The SMILES string of the molecule is O=C=C1C=CC=CC1S(=O)(=O)NC(=O)Nc1ncccn1. The maximum Gasteiger partial charge on any atom is 0.335 e. The van der Waals surface area contributed by atoms with E-state index < -0.39 is 21.3 Å². The number of rotatable bonds is 3. The van der Waals surface area contributed by atoms with Crippen molar-refractivity contribution in [2.45, 2.75) is 5.25 Å². The highest BCUT2D eigenvalue weighted by molar-refractivity contribution is 7.91. The second-order valence-corrected chi connectivity index (χ2v) is 5.70. The van der Waals surface area contributed by atoms with Crippen LogP contribution in [0.1, 0.15) is 0 Å². The molecule has 1 aliphatic carbocycles. The van der Waals surface area contributed by atoms with Crippen molar-refractivity contribution >= 4 is 27.9 Å². The van der Waals surface area contributed by atoms with Crippen molar-refractivity contribution in [3.8, 4) is 0 Å². The van der Waals surface area contributed by atoms with E-state index in [1.54, 1.807) is 10.8 Å². The number of nitrogens with zero attached hydrogens (tertiary/aromatic N) is 2. The van der Waals surface area contributed by atoms with Crippen LogP contribution < -0.4 is 10.0 Å². The number of aromatic nitrogens is 2. The van der Waals surface area contributed by atoms with Crippen molar-refractivity contribution in [2.75, 3.05) is 5.32 Å². The zero-order valence-corrected chi connectivity index (χ0v) is 11.4. The van der Waals surface area contributed by atoms with E-state index in [4.69, 9.17) is 0 Å². The minimum absolute atomic E-state index is 0.0459. The Labute approximate surface area is 120 Å². The molecule has 2 amide bonds. The zero-order chi connectivity index (χ0) is 15.3. The summed E-state index contributed by atoms with van der Waals surface area (Å²) in [5.74, 6) is 1.49. The van der Waals surface area contributed by atoms with Gasteiger partial charge in [0.15, 0.2) is 0 Å². The normalized spacial score (nSPS) is 17.1. The van der Waals surface area contributed by atoms with E-state index in [-0.39, 0.29) is 11.5 Å². The largest absolute Gasteiger partial charge is 0.335 e. The highest BCUT2D eigenvalue weighted by atomic mass is 32.2. The highest BCUT2D eigenvalue weighted by Crippen LogP contribution is 2.16. The number of carbonyl (C=O) groups is 1. The minimum Gasteiger partial charge on any atom is -0.275 e. The van der Waals surface area contributed by atoms with Crippen LogP contribution in [0.15, 0.2) is 48.3 Å². The van der Waals surface area contributed by atoms with Crippen LogP contribution in [0.4, 0.5) is 10.7 Å². The van der Waals surface area contributed by atoms with Crippen molar-refractivity contribution in [1.82, 2.24) is 14.7 Å². The summed E-state index contributed by atoms with van der Waals surface area (Å²) in [5, 5.41) is 0.893. The summed E-state index contributed by atoms with van der Waals surface area (Å²) in [4.78, 5) is 29.8. The van der Waals surface area contributed by atoms with Gasteiger partial charge in [-0.05, 0) is 12.1 Å². The van der Waals surface area contributed by atoms with Crippen molar-refractivity contribution in [2.24, 2.45) is 0 Å². The van der Waals surface area contributed by atoms with E-state index in [9.17, 15) is 18.0 Å². The summed E-state index contributed by atoms with van der Waals surface area (Å²) in [6.45, 7) is 0. The average molecular weight is 306 g/mol. The van der Waals surface area contributed by atoms with Gasteiger partial charge in [0.2, 0.25) is 16.0 Å². The summed E-state index contributed by atoms with van der Waals surface area (Å²) in [6.07, 6.45) is 8.33. The number of urea groups is 1. The number of allylic oxidation sites excluding steroid dienone is 3. The summed E-state index contributed by atoms with van der Waals surface area (Å²) in [5.41, 5.74) is -0.0891. The Hall–Kier alpha value is -2.77. The Kier molecular flexibility index (Phi) is 4.27. The van der Waals surface area contributed by atoms with Gasteiger partial charge >= 0.3 is 6.03 Å². The first-order chi connectivity index (χ1) is 10.0. The molecule has 0 aliphatic heterocycles. The number of hydrogen-bond acceptors (Lipinski definition) is 6. The smallest absolute Gasteiger partial charge is 0.275 e. The van der Waals surface area contributed by atoms with Gasteiger partial charge in [0, 0.05) is 12.4 Å². The third kappa shape index (κ3) is 3.62. The molecular weight excluding hydrogens is 296 g/mol. The number of sulfonamides is 1. The second kappa shape index (κ2) is 6.12. The van der Waals surface area contributed by atoms with Crippen LogP contribution in [0, 0.1) is 0 Å². The molecule has 1 aliphatic rings. The topological polar surface area (TPSA) is 118 Å². The van der Waals surface area contributed by atoms with E-state index in [0.717, 1.165) is 0 Å². The Bertz CT molecular complexity index is 749. The van der Waals surface area contributed by atoms with Crippen LogP contribution >= 0.6 is 0 Å². The molecule has 0 aromatic carbocycles. The van der Waals surface area contributed by atoms with Crippen LogP contribution in [0.25, 0.3) is 0 Å². The number of amides is 2. The molecule has 1 atom stereocenters. The molecule has 0 bridgehead atoms. The van der Waals surface area contributed by atoms with E-state index in [0.29, 0.717) is 0 Å². The summed E-state index contributed by atoms with van der Waals surface area (Å²) in [7, 11) is -4.12. The fourth-order valence-corrected chi connectivity index (χ4v) is 2.76. The van der Waals surface area contributed by atoms with E-state index in [1.165, 1.54) is 42.6 Å². The van der Waals surface area contributed by atoms with Gasteiger partial charge in [0.1, 0.15) is 11.2 Å². The number of anilines is 1. The first kappa shape index (κ1) is 14.6. The lowest BCUT2D eigenvalue weighted by Crippen LogP contribution is -2.41. The molecule has 1 heterocycles. The third-order valence-corrected chi connectivity index (χ3v) is 4.01. The quantitative estimate of drug-likeness (QED) is 0.769. The maximum absolute atomic E-state index is 12.1. The molecule has 0 spiro atoms. The standard InChI is InChI=1S/C12H10N4O4S/c17-8-9-4-1-2-5-10(9)21(19,20)16-12(18)15-11-13-6-3-7-14-11/h1-7,10H,(H2,13,14,15,16,18). The maximum atomic E-state index is 12.1. The first-order valence-electron chi connectivity index (χ1n) is 5.72. The molecule has 1 aromatic heterocycles. The van der Waals surface area contributed by atoms with Gasteiger partial charge < -0.3 is 0 Å². The van der Waals surface area contributed by atoms with Crippen LogP contribution in [0.2, 0.25) is 0 Å². The fourth-order valence-electron chi connectivity index (χ4n) is 1.57. The van der Waals surface area contributed by atoms with Crippen LogP contribution in [-0.2, 0) is 14.8 Å². The number of carbonyl (C=O) groups excluding carboxylic acids is 2. The lowest BCUT2D eigenvalue weighted by molar-refractivity contribution is 0.256. The molecule has 1 unspecified atom stereocenters. The number of hydrogen-bond donors (Lipinski definition) is 2. The van der Waals surface area contributed by atoms with Crippen molar-refractivity contribution in [3.63, 3.8) is 0 Å². The third-order valence-electron chi connectivity index (χ3n) is 2.46. The minimum atomic E-state index is -4.12. The lowest BCUT2D eigenvalue weighted by atomic mass is 10.1. The summed E-state index contributed by atoms with van der Waals surface area (Å²) >= 11 is 0. The van der Waals surface area contributed by atoms with Gasteiger partial charge in [-0.2, -0.15) is 0 Å². The van der Waals surface area contributed by atoms with Crippen molar-refractivity contribution in [3.05, 3.63) is 48.3 Å². The predicted molar refractivity (Wildman–Crippen MR) is 74.4 cm³/mol. The van der Waals surface area contributed by atoms with Gasteiger partial charge in [-0.25, -0.2) is 32.7 Å². The molecule has 1 aromatic rings. The van der Waals surface area contributed by atoms with E-state index >= 15 is 0 Å². The average Bonchev–Trinajstić information content (AvgIpc) is 2.47. The Morgan fingerprint density at radius 1 is 1.24 bits per heavy atom. The van der Waals surface area contributed by atoms with Gasteiger partial charge in [0.05, 0.1) is 5.57 Å². The van der Waals surface area contributed by atoms with Crippen molar-refractivity contribution < 1.29 is 18.0 Å². The van der Waals surface area contributed by atoms with E-state index in [2.05, 4.69) is 15.3 Å². The summed E-state index contributed by atoms with van der Waals surface area (Å²) in [6, 6.07) is 0.523. The van der Waals surface area contributed by atoms with Crippen molar-refractivity contribution in [1.29, 1.82) is 0 Å². The molecule has 8 nitrogen and oxygen atoms in total. The zero-order valence-electron chi connectivity index (χ0n) is 10.6. The first-order valence-corrected chi connectivity index (χ1v) is 7.27. The fraction of sp³-hybridized carbons (Fsp3) is 0.0833. The molecule has 0 saturated carbocycles. The predicted octanol–water partition coefficient (Wildman–Crippen LogP) is 0.180. The second-order valence-electron chi connectivity index (χ2n) is 3.90. The Morgan fingerprint density at radius 3 is 2.62 bits per heavy atom. The van der Waals surface area contributed by atoms with Gasteiger partial charge in [-0.1, -0.05) is 18.2 Å². The molecule has 0 saturated heterocycles.